The molecule has 0 atom stereocenters. The van der Waals surface area contributed by atoms with Crippen LogP contribution in [-0.2, 0) is 25.9 Å². The van der Waals surface area contributed by atoms with Gasteiger partial charge >= 0.3 is 6.18 Å². The Bertz CT molecular complexity index is 584. The Morgan fingerprint density at radius 2 is 1.92 bits per heavy atom. The number of carbonyl (C=O) groups is 1. The maximum atomic E-state index is 13.0. The SMILES string of the molecule is COCCOCCCNC(=O)C1(c2cccc(C(F)(F)F)c2)CCCC1. The van der Waals surface area contributed by atoms with E-state index in [1.807, 2.05) is 0 Å². The predicted molar refractivity (Wildman–Crippen MR) is 91.9 cm³/mol. The lowest BCUT2D eigenvalue weighted by Crippen LogP contribution is -2.43. The van der Waals surface area contributed by atoms with E-state index in [0.717, 1.165) is 25.0 Å². The molecule has 0 saturated heterocycles. The van der Waals surface area contributed by atoms with E-state index in [9.17, 15) is 18.0 Å². The van der Waals surface area contributed by atoms with Gasteiger partial charge in [0.1, 0.15) is 0 Å². The number of benzene rings is 1. The molecular weight excluding hydrogens is 347 g/mol. The van der Waals surface area contributed by atoms with Crippen molar-refractivity contribution in [2.24, 2.45) is 0 Å². The fraction of sp³-hybridized carbons (Fsp3) is 0.632. The normalized spacial score (nSPS) is 16.6. The van der Waals surface area contributed by atoms with Crippen molar-refractivity contribution in [3.63, 3.8) is 0 Å². The van der Waals surface area contributed by atoms with Crippen molar-refractivity contribution in [2.45, 2.75) is 43.7 Å². The van der Waals surface area contributed by atoms with Gasteiger partial charge in [0.05, 0.1) is 24.2 Å². The number of alkyl halides is 3. The van der Waals surface area contributed by atoms with Crippen LogP contribution in [0.1, 0.15) is 43.2 Å². The Labute approximate surface area is 152 Å². The lowest BCUT2D eigenvalue weighted by Gasteiger charge is -2.29. The van der Waals surface area contributed by atoms with E-state index in [4.69, 9.17) is 9.47 Å². The molecule has 1 aromatic rings. The van der Waals surface area contributed by atoms with Gasteiger partial charge in [0.15, 0.2) is 0 Å². The van der Waals surface area contributed by atoms with Gasteiger partial charge in [0, 0.05) is 20.3 Å². The van der Waals surface area contributed by atoms with Crippen LogP contribution in [0.5, 0.6) is 0 Å². The number of rotatable bonds is 9. The van der Waals surface area contributed by atoms with E-state index in [-0.39, 0.29) is 5.91 Å². The highest BCUT2D eigenvalue weighted by molar-refractivity contribution is 5.88. The number of hydrogen-bond donors (Lipinski definition) is 1. The van der Waals surface area contributed by atoms with Crippen molar-refractivity contribution < 1.29 is 27.4 Å². The fourth-order valence-corrected chi connectivity index (χ4v) is 3.41. The number of ether oxygens (including phenoxy) is 2. The van der Waals surface area contributed by atoms with Crippen molar-refractivity contribution in [2.75, 3.05) is 33.5 Å². The molecule has 2 rings (SSSR count). The molecule has 0 unspecified atom stereocenters. The second-order valence-corrected chi connectivity index (χ2v) is 6.58. The van der Waals surface area contributed by atoms with E-state index in [1.54, 1.807) is 13.2 Å². The number of carbonyl (C=O) groups excluding carboxylic acids is 1. The Kier molecular flexibility index (Phi) is 7.46. The molecule has 1 amide bonds. The minimum absolute atomic E-state index is 0.189. The van der Waals surface area contributed by atoms with Gasteiger partial charge in [-0.3, -0.25) is 4.79 Å². The average Bonchev–Trinajstić information content (AvgIpc) is 3.11. The monoisotopic (exact) mass is 373 g/mol. The average molecular weight is 373 g/mol. The topological polar surface area (TPSA) is 47.6 Å². The fourth-order valence-electron chi connectivity index (χ4n) is 3.41. The summed E-state index contributed by atoms with van der Waals surface area (Å²) in [5.41, 5.74) is -1.11. The predicted octanol–water partition coefficient (Wildman–Crippen LogP) is 3.69. The molecule has 1 fully saturated rings. The standard InChI is InChI=1S/C19H26F3NO3/c1-25-12-13-26-11-5-10-23-17(24)18(8-2-3-9-18)15-6-4-7-16(14-15)19(20,21)22/h4,6-7,14H,2-3,5,8-13H2,1H3,(H,23,24). The summed E-state index contributed by atoms with van der Waals surface area (Å²) < 4.78 is 49.3. The number of amides is 1. The first-order valence-electron chi connectivity index (χ1n) is 8.93. The summed E-state index contributed by atoms with van der Waals surface area (Å²) in [6.45, 7) is 1.95. The van der Waals surface area contributed by atoms with Crippen LogP contribution >= 0.6 is 0 Å². The van der Waals surface area contributed by atoms with Crippen LogP contribution in [0.3, 0.4) is 0 Å². The maximum Gasteiger partial charge on any atom is 0.416 e. The van der Waals surface area contributed by atoms with Gasteiger partial charge in [-0.1, -0.05) is 31.0 Å². The summed E-state index contributed by atoms with van der Waals surface area (Å²) in [6, 6.07) is 5.18. The Hall–Kier alpha value is -1.60. The third-order valence-electron chi connectivity index (χ3n) is 4.82. The highest BCUT2D eigenvalue weighted by atomic mass is 19.4. The minimum atomic E-state index is -4.41. The van der Waals surface area contributed by atoms with E-state index in [2.05, 4.69) is 5.32 Å². The van der Waals surface area contributed by atoms with Crippen molar-refractivity contribution in [1.82, 2.24) is 5.32 Å². The first-order chi connectivity index (χ1) is 12.4. The number of methoxy groups -OCH3 is 1. The molecule has 1 saturated carbocycles. The van der Waals surface area contributed by atoms with E-state index >= 15 is 0 Å². The zero-order valence-corrected chi connectivity index (χ0v) is 15.0. The molecule has 7 heteroatoms. The van der Waals surface area contributed by atoms with Gasteiger partial charge in [-0.2, -0.15) is 13.2 Å². The quantitative estimate of drug-likeness (QED) is 0.672. The van der Waals surface area contributed by atoms with Crippen LogP contribution < -0.4 is 5.32 Å². The van der Waals surface area contributed by atoms with Crippen LogP contribution in [0.4, 0.5) is 13.2 Å². The van der Waals surface area contributed by atoms with Crippen LogP contribution in [0.15, 0.2) is 24.3 Å². The summed E-state index contributed by atoms with van der Waals surface area (Å²) in [5, 5.41) is 2.88. The molecule has 0 spiro atoms. The zero-order valence-electron chi connectivity index (χ0n) is 15.0. The highest BCUT2D eigenvalue weighted by Gasteiger charge is 2.43. The smallest absolute Gasteiger partial charge is 0.382 e. The molecule has 0 bridgehead atoms. The van der Waals surface area contributed by atoms with Gasteiger partial charge < -0.3 is 14.8 Å². The van der Waals surface area contributed by atoms with E-state index in [0.29, 0.717) is 51.2 Å². The highest BCUT2D eigenvalue weighted by Crippen LogP contribution is 2.43. The van der Waals surface area contributed by atoms with Gasteiger partial charge in [-0.05, 0) is 30.9 Å². The Balaban J connectivity index is 2.00. The lowest BCUT2D eigenvalue weighted by molar-refractivity contribution is -0.138. The summed E-state index contributed by atoms with van der Waals surface area (Å²) in [4.78, 5) is 12.8. The Morgan fingerprint density at radius 3 is 2.58 bits per heavy atom. The van der Waals surface area contributed by atoms with Crippen LogP contribution in [-0.4, -0.2) is 39.4 Å². The van der Waals surface area contributed by atoms with Gasteiger partial charge in [-0.25, -0.2) is 0 Å². The zero-order chi connectivity index (χ0) is 19.0. The second kappa shape index (κ2) is 9.37. The lowest BCUT2D eigenvalue weighted by atomic mass is 9.77. The van der Waals surface area contributed by atoms with Gasteiger partial charge in [-0.15, -0.1) is 0 Å². The first-order valence-corrected chi connectivity index (χ1v) is 8.93. The van der Waals surface area contributed by atoms with Crippen molar-refractivity contribution in [3.8, 4) is 0 Å². The largest absolute Gasteiger partial charge is 0.416 e. The molecular formula is C19H26F3NO3. The summed E-state index contributed by atoms with van der Waals surface area (Å²) in [7, 11) is 1.60. The molecule has 0 radical (unpaired) electrons. The van der Waals surface area contributed by atoms with Crippen molar-refractivity contribution in [3.05, 3.63) is 35.4 Å². The van der Waals surface area contributed by atoms with Crippen molar-refractivity contribution >= 4 is 5.91 Å². The molecule has 4 nitrogen and oxygen atoms in total. The number of hydrogen-bond acceptors (Lipinski definition) is 3. The molecule has 146 valence electrons. The molecule has 1 aromatic carbocycles. The molecule has 1 N–H and O–H groups in total. The van der Waals surface area contributed by atoms with Crippen LogP contribution in [0.25, 0.3) is 0 Å². The van der Waals surface area contributed by atoms with Crippen LogP contribution in [0, 0.1) is 0 Å². The third-order valence-corrected chi connectivity index (χ3v) is 4.82. The number of halogens is 3. The molecule has 0 aliphatic heterocycles. The molecule has 26 heavy (non-hydrogen) atoms. The van der Waals surface area contributed by atoms with Gasteiger partial charge in [0.25, 0.3) is 0 Å². The van der Waals surface area contributed by atoms with E-state index < -0.39 is 17.2 Å². The second-order valence-electron chi connectivity index (χ2n) is 6.58. The van der Waals surface area contributed by atoms with E-state index in [1.165, 1.54) is 6.07 Å². The molecule has 1 aliphatic rings. The minimum Gasteiger partial charge on any atom is -0.382 e. The molecule has 1 aliphatic carbocycles. The number of nitrogens with one attached hydrogen (secondary N) is 1. The summed E-state index contributed by atoms with van der Waals surface area (Å²) in [5.74, 6) is -0.189. The summed E-state index contributed by atoms with van der Waals surface area (Å²) in [6.07, 6.45) is -0.942. The maximum absolute atomic E-state index is 13.0. The summed E-state index contributed by atoms with van der Waals surface area (Å²) >= 11 is 0. The third kappa shape index (κ3) is 5.20. The first kappa shape index (κ1) is 20.7. The Morgan fingerprint density at radius 1 is 1.19 bits per heavy atom. The molecule has 0 aromatic heterocycles. The van der Waals surface area contributed by atoms with Crippen LogP contribution in [0.2, 0.25) is 0 Å². The van der Waals surface area contributed by atoms with Crippen molar-refractivity contribution in [1.29, 1.82) is 0 Å². The molecule has 0 heterocycles. The van der Waals surface area contributed by atoms with Gasteiger partial charge in [0.2, 0.25) is 5.91 Å².